The van der Waals surface area contributed by atoms with E-state index in [0.29, 0.717) is 5.57 Å². The topological polar surface area (TPSA) is 47.6 Å². The summed E-state index contributed by atoms with van der Waals surface area (Å²) in [5, 5.41) is 3.25. The van der Waals surface area contributed by atoms with E-state index in [0.717, 1.165) is 25.9 Å². The predicted octanol–water partition coefficient (Wildman–Crippen LogP) is 0.689. The average molecular weight is 199 g/mol. The Hall–Kier alpha value is -1.03. The summed E-state index contributed by atoms with van der Waals surface area (Å²) in [6, 6.07) is 0. The van der Waals surface area contributed by atoms with Crippen LogP contribution in [0.4, 0.5) is 0 Å². The fourth-order valence-electron chi connectivity index (χ4n) is 1.69. The molecule has 80 valence electrons. The van der Waals surface area contributed by atoms with Gasteiger partial charge in [0.2, 0.25) is 0 Å². The maximum atomic E-state index is 11.4. The summed E-state index contributed by atoms with van der Waals surface area (Å²) < 4.78 is 9.61. The summed E-state index contributed by atoms with van der Waals surface area (Å²) >= 11 is 0. The van der Waals surface area contributed by atoms with Gasteiger partial charge in [0.15, 0.2) is 0 Å². The largest absolute Gasteiger partial charge is 0.504 e. The molecule has 14 heavy (non-hydrogen) atoms. The highest BCUT2D eigenvalue weighted by atomic mass is 16.5. The molecule has 0 aromatic carbocycles. The molecule has 1 saturated heterocycles. The molecule has 1 aliphatic heterocycles. The maximum Gasteiger partial charge on any atom is 0.337 e. The van der Waals surface area contributed by atoms with Crippen LogP contribution in [0, 0.1) is 5.92 Å². The molecule has 0 aromatic rings. The zero-order valence-corrected chi connectivity index (χ0v) is 8.71. The lowest BCUT2D eigenvalue weighted by Gasteiger charge is -2.23. The van der Waals surface area contributed by atoms with Crippen LogP contribution < -0.4 is 5.32 Å². The zero-order chi connectivity index (χ0) is 10.4. The Labute approximate surface area is 84.3 Å². The van der Waals surface area contributed by atoms with Gasteiger partial charge in [-0.15, -0.1) is 0 Å². The number of methoxy groups -OCH3 is 2. The molecule has 0 unspecified atom stereocenters. The molecular weight excluding hydrogens is 182 g/mol. The molecule has 0 atom stereocenters. The van der Waals surface area contributed by atoms with Crippen molar-refractivity contribution in [1.82, 2.24) is 5.32 Å². The number of hydrogen-bond acceptors (Lipinski definition) is 4. The third kappa shape index (κ3) is 2.73. The van der Waals surface area contributed by atoms with Gasteiger partial charge >= 0.3 is 5.97 Å². The molecule has 4 heteroatoms. The lowest BCUT2D eigenvalue weighted by atomic mass is 9.90. The van der Waals surface area contributed by atoms with Gasteiger partial charge in [-0.05, 0) is 31.8 Å². The Morgan fingerprint density at radius 2 is 2.00 bits per heavy atom. The number of carbonyl (C=O) groups excluding carboxylic acids is 1. The van der Waals surface area contributed by atoms with Gasteiger partial charge in [-0.2, -0.15) is 0 Å². The highest BCUT2D eigenvalue weighted by Gasteiger charge is 2.23. The minimum Gasteiger partial charge on any atom is -0.504 e. The highest BCUT2D eigenvalue weighted by molar-refractivity contribution is 5.88. The fraction of sp³-hybridized carbons (Fsp3) is 0.700. The van der Waals surface area contributed by atoms with Crippen LogP contribution in [0.1, 0.15) is 12.8 Å². The van der Waals surface area contributed by atoms with E-state index in [2.05, 4.69) is 5.32 Å². The van der Waals surface area contributed by atoms with E-state index in [-0.39, 0.29) is 11.9 Å². The standard InChI is InChI=1S/C10H17NO3/c1-13-7-9(10(12)14-2)8-3-5-11-6-4-8/h7-8,11H,3-6H2,1-2H3/b9-7+. The predicted molar refractivity (Wildman–Crippen MR) is 52.7 cm³/mol. The summed E-state index contributed by atoms with van der Waals surface area (Å²) in [6.07, 6.45) is 3.43. The number of nitrogens with one attached hydrogen (secondary N) is 1. The monoisotopic (exact) mass is 199 g/mol. The van der Waals surface area contributed by atoms with Crippen molar-refractivity contribution < 1.29 is 14.3 Å². The van der Waals surface area contributed by atoms with Crippen molar-refractivity contribution in [3.8, 4) is 0 Å². The first-order valence-corrected chi connectivity index (χ1v) is 4.81. The minimum absolute atomic E-state index is 0.267. The van der Waals surface area contributed by atoms with Crippen LogP contribution in [0.5, 0.6) is 0 Å². The van der Waals surface area contributed by atoms with Crippen molar-refractivity contribution in [2.75, 3.05) is 27.3 Å². The van der Waals surface area contributed by atoms with Crippen LogP contribution in [-0.2, 0) is 14.3 Å². The summed E-state index contributed by atoms with van der Waals surface area (Å²) in [4.78, 5) is 11.4. The van der Waals surface area contributed by atoms with Gasteiger partial charge < -0.3 is 14.8 Å². The molecule has 0 aliphatic carbocycles. The second kappa shape index (κ2) is 5.65. The molecule has 1 N–H and O–H groups in total. The molecule has 0 aromatic heterocycles. The van der Waals surface area contributed by atoms with Gasteiger partial charge in [-0.3, -0.25) is 0 Å². The Bertz CT molecular complexity index is 219. The van der Waals surface area contributed by atoms with E-state index < -0.39 is 0 Å². The Morgan fingerprint density at radius 1 is 1.36 bits per heavy atom. The van der Waals surface area contributed by atoms with Crippen LogP contribution in [0.3, 0.4) is 0 Å². The Kier molecular flexibility index (Phi) is 4.46. The second-order valence-electron chi connectivity index (χ2n) is 3.32. The van der Waals surface area contributed by atoms with Crippen molar-refractivity contribution in [2.24, 2.45) is 5.92 Å². The van der Waals surface area contributed by atoms with Crippen LogP contribution in [-0.4, -0.2) is 33.3 Å². The second-order valence-corrected chi connectivity index (χ2v) is 3.32. The first kappa shape index (κ1) is 11.0. The van der Waals surface area contributed by atoms with Crippen LogP contribution in [0.15, 0.2) is 11.8 Å². The van der Waals surface area contributed by atoms with Crippen molar-refractivity contribution in [3.05, 3.63) is 11.8 Å². The van der Waals surface area contributed by atoms with Crippen molar-refractivity contribution in [2.45, 2.75) is 12.8 Å². The fourth-order valence-corrected chi connectivity index (χ4v) is 1.69. The Balaban J connectivity index is 2.66. The first-order valence-electron chi connectivity index (χ1n) is 4.81. The number of hydrogen-bond donors (Lipinski definition) is 1. The molecule has 0 spiro atoms. The van der Waals surface area contributed by atoms with E-state index >= 15 is 0 Å². The third-order valence-electron chi connectivity index (χ3n) is 2.44. The SMILES string of the molecule is CO/C=C(/C(=O)OC)C1CCNCC1. The summed E-state index contributed by atoms with van der Waals surface area (Å²) in [7, 11) is 2.94. The first-order chi connectivity index (χ1) is 6.79. The molecule has 1 fully saturated rings. The van der Waals surface area contributed by atoms with Gasteiger partial charge in [0.05, 0.1) is 26.1 Å². The molecular formula is C10H17NO3. The Morgan fingerprint density at radius 3 is 2.50 bits per heavy atom. The normalized spacial score (nSPS) is 19.1. The third-order valence-corrected chi connectivity index (χ3v) is 2.44. The van der Waals surface area contributed by atoms with Gasteiger partial charge in [0.25, 0.3) is 0 Å². The average Bonchev–Trinajstić information content (AvgIpc) is 2.26. The number of carbonyl (C=O) groups is 1. The van der Waals surface area contributed by atoms with Crippen LogP contribution in [0.2, 0.25) is 0 Å². The summed E-state index contributed by atoms with van der Waals surface area (Å²) in [5.41, 5.74) is 0.650. The van der Waals surface area contributed by atoms with Gasteiger partial charge in [0, 0.05) is 0 Å². The number of piperidine rings is 1. The molecule has 0 radical (unpaired) electrons. The number of rotatable bonds is 3. The molecule has 1 heterocycles. The van der Waals surface area contributed by atoms with Crippen molar-refractivity contribution >= 4 is 5.97 Å². The van der Waals surface area contributed by atoms with Gasteiger partial charge in [0.1, 0.15) is 0 Å². The molecule has 0 saturated carbocycles. The molecule has 0 bridgehead atoms. The van der Waals surface area contributed by atoms with E-state index in [4.69, 9.17) is 9.47 Å². The number of ether oxygens (including phenoxy) is 2. The van der Waals surface area contributed by atoms with Gasteiger partial charge in [-0.1, -0.05) is 0 Å². The smallest absolute Gasteiger partial charge is 0.337 e. The van der Waals surface area contributed by atoms with Crippen LogP contribution in [0.25, 0.3) is 0 Å². The molecule has 4 nitrogen and oxygen atoms in total. The van der Waals surface area contributed by atoms with E-state index in [9.17, 15) is 4.79 Å². The lowest BCUT2D eigenvalue weighted by molar-refractivity contribution is -0.137. The van der Waals surface area contributed by atoms with E-state index in [1.807, 2.05) is 0 Å². The molecule has 0 amide bonds. The van der Waals surface area contributed by atoms with Crippen molar-refractivity contribution in [3.63, 3.8) is 0 Å². The van der Waals surface area contributed by atoms with Crippen LogP contribution >= 0.6 is 0 Å². The zero-order valence-electron chi connectivity index (χ0n) is 8.71. The van der Waals surface area contributed by atoms with Gasteiger partial charge in [-0.25, -0.2) is 4.79 Å². The van der Waals surface area contributed by atoms with E-state index in [1.165, 1.54) is 13.4 Å². The molecule has 1 aliphatic rings. The maximum absolute atomic E-state index is 11.4. The minimum atomic E-state index is -0.279. The lowest BCUT2D eigenvalue weighted by Crippen LogP contribution is -2.30. The summed E-state index contributed by atoms with van der Waals surface area (Å²) in [6.45, 7) is 1.89. The quantitative estimate of drug-likeness (QED) is 0.413. The molecule has 1 rings (SSSR count). The number of esters is 1. The summed E-state index contributed by atoms with van der Waals surface area (Å²) in [5.74, 6) is -0.0117. The van der Waals surface area contributed by atoms with E-state index in [1.54, 1.807) is 7.11 Å². The van der Waals surface area contributed by atoms with Crippen molar-refractivity contribution in [1.29, 1.82) is 0 Å². The highest BCUT2D eigenvalue weighted by Crippen LogP contribution is 2.22.